The quantitative estimate of drug-likeness (QED) is 0.613. The summed E-state index contributed by atoms with van der Waals surface area (Å²) in [6, 6.07) is 1.69. The van der Waals surface area contributed by atoms with Gasteiger partial charge in [-0.15, -0.1) is 0 Å². The Hall–Kier alpha value is -2.04. The van der Waals surface area contributed by atoms with E-state index in [1.807, 2.05) is 0 Å². The SMILES string of the molecule is CCOC(=O)C=Cc1cnc(N)c(OC)c1. The van der Waals surface area contributed by atoms with E-state index in [1.165, 1.54) is 13.2 Å². The minimum absolute atomic E-state index is 0.316. The minimum atomic E-state index is -0.390. The van der Waals surface area contributed by atoms with Crippen LogP contribution in [-0.2, 0) is 9.53 Å². The lowest BCUT2D eigenvalue weighted by molar-refractivity contribution is -0.137. The third-order valence-corrected chi connectivity index (χ3v) is 1.82. The average molecular weight is 222 g/mol. The standard InChI is InChI=1S/C11H14N2O3/c1-3-16-10(14)5-4-8-6-9(15-2)11(12)13-7-8/h4-7H,3H2,1-2H3,(H2,12,13). The predicted octanol–water partition coefficient (Wildman–Crippen LogP) is 1.25. The molecule has 0 aliphatic carbocycles. The van der Waals surface area contributed by atoms with Gasteiger partial charge in [0.15, 0.2) is 11.6 Å². The lowest BCUT2D eigenvalue weighted by Crippen LogP contribution is -1.99. The minimum Gasteiger partial charge on any atom is -0.493 e. The Morgan fingerprint density at radius 3 is 3.00 bits per heavy atom. The van der Waals surface area contributed by atoms with E-state index in [-0.39, 0.29) is 0 Å². The van der Waals surface area contributed by atoms with Gasteiger partial charge in [0.05, 0.1) is 13.7 Å². The highest BCUT2D eigenvalue weighted by molar-refractivity contribution is 5.87. The van der Waals surface area contributed by atoms with E-state index in [1.54, 1.807) is 25.3 Å². The molecule has 0 radical (unpaired) electrons. The van der Waals surface area contributed by atoms with Crippen LogP contribution in [0.5, 0.6) is 5.75 Å². The molecule has 0 fully saturated rings. The third kappa shape index (κ3) is 3.27. The Labute approximate surface area is 93.9 Å². The first kappa shape index (κ1) is 12.0. The summed E-state index contributed by atoms with van der Waals surface area (Å²) in [5.41, 5.74) is 6.27. The number of ether oxygens (including phenoxy) is 2. The number of nitrogens with zero attached hydrogens (tertiary/aromatic N) is 1. The van der Waals surface area contributed by atoms with Gasteiger partial charge in [-0.25, -0.2) is 9.78 Å². The first-order valence-corrected chi connectivity index (χ1v) is 4.81. The van der Waals surface area contributed by atoms with Gasteiger partial charge in [0.1, 0.15) is 0 Å². The molecule has 0 bridgehead atoms. The van der Waals surface area contributed by atoms with E-state index < -0.39 is 5.97 Å². The van der Waals surface area contributed by atoms with E-state index >= 15 is 0 Å². The van der Waals surface area contributed by atoms with Crippen molar-refractivity contribution in [2.24, 2.45) is 0 Å². The van der Waals surface area contributed by atoms with Crippen LogP contribution in [0.1, 0.15) is 12.5 Å². The number of methoxy groups -OCH3 is 1. The number of pyridine rings is 1. The van der Waals surface area contributed by atoms with E-state index in [0.29, 0.717) is 18.2 Å². The van der Waals surface area contributed by atoms with Gasteiger partial charge in [0.25, 0.3) is 0 Å². The number of hydrogen-bond donors (Lipinski definition) is 1. The van der Waals surface area contributed by atoms with E-state index in [9.17, 15) is 4.79 Å². The normalized spacial score (nSPS) is 10.4. The van der Waals surface area contributed by atoms with Crippen LogP contribution in [-0.4, -0.2) is 24.7 Å². The Balaban J connectivity index is 2.78. The molecule has 0 aromatic carbocycles. The number of hydrogen-bond acceptors (Lipinski definition) is 5. The maximum Gasteiger partial charge on any atom is 0.330 e. The van der Waals surface area contributed by atoms with Crippen LogP contribution in [0.15, 0.2) is 18.3 Å². The van der Waals surface area contributed by atoms with Crippen LogP contribution in [0.4, 0.5) is 5.82 Å². The molecule has 0 saturated heterocycles. The summed E-state index contributed by atoms with van der Waals surface area (Å²) < 4.78 is 9.74. The second kappa shape index (κ2) is 5.75. The fraction of sp³-hybridized carbons (Fsp3) is 0.273. The van der Waals surface area contributed by atoms with E-state index in [2.05, 4.69) is 4.98 Å². The maximum atomic E-state index is 11.1. The van der Waals surface area contributed by atoms with Gasteiger partial charge in [-0.3, -0.25) is 0 Å². The maximum absolute atomic E-state index is 11.1. The van der Waals surface area contributed by atoms with Gasteiger partial charge in [0, 0.05) is 12.3 Å². The largest absolute Gasteiger partial charge is 0.493 e. The molecule has 0 atom stereocenters. The predicted molar refractivity (Wildman–Crippen MR) is 60.9 cm³/mol. The molecule has 0 aliphatic heterocycles. The van der Waals surface area contributed by atoms with Crippen molar-refractivity contribution in [3.8, 4) is 5.75 Å². The highest BCUT2D eigenvalue weighted by Crippen LogP contribution is 2.19. The zero-order valence-electron chi connectivity index (χ0n) is 9.27. The van der Waals surface area contributed by atoms with E-state index in [0.717, 1.165) is 5.56 Å². The molecule has 0 unspecified atom stereocenters. The topological polar surface area (TPSA) is 74.4 Å². The molecule has 0 spiro atoms. The number of carbonyl (C=O) groups is 1. The molecule has 1 aromatic rings. The second-order valence-corrected chi connectivity index (χ2v) is 2.94. The number of nitrogens with two attached hydrogens (primary N) is 1. The average Bonchev–Trinajstić information content (AvgIpc) is 2.28. The lowest BCUT2D eigenvalue weighted by Gasteiger charge is -2.03. The summed E-state index contributed by atoms with van der Waals surface area (Å²) in [6.07, 6.45) is 4.47. The molecule has 1 aromatic heterocycles. The summed E-state index contributed by atoms with van der Waals surface area (Å²) in [6.45, 7) is 2.10. The van der Waals surface area contributed by atoms with Gasteiger partial charge >= 0.3 is 5.97 Å². The fourth-order valence-electron chi connectivity index (χ4n) is 1.08. The van der Waals surface area contributed by atoms with Gasteiger partial charge in [0.2, 0.25) is 0 Å². The van der Waals surface area contributed by atoms with Gasteiger partial charge in [-0.1, -0.05) is 0 Å². The Kier molecular flexibility index (Phi) is 4.32. The Morgan fingerprint density at radius 2 is 2.38 bits per heavy atom. The molecular formula is C11H14N2O3. The van der Waals surface area contributed by atoms with Crippen molar-refractivity contribution in [3.63, 3.8) is 0 Å². The van der Waals surface area contributed by atoms with Crippen molar-refractivity contribution in [2.45, 2.75) is 6.92 Å². The molecule has 5 heteroatoms. The molecule has 1 heterocycles. The fourth-order valence-corrected chi connectivity index (χ4v) is 1.08. The molecular weight excluding hydrogens is 208 g/mol. The summed E-state index contributed by atoms with van der Waals surface area (Å²) in [4.78, 5) is 15.0. The number of esters is 1. The number of nitrogen functional groups attached to an aromatic ring is 1. The number of anilines is 1. The first-order valence-electron chi connectivity index (χ1n) is 4.81. The highest BCUT2D eigenvalue weighted by Gasteiger charge is 2.01. The van der Waals surface area contributed by atoms with Crippen LogP contribution in [0.3, 0.4) is 0 Å². The molecule has 1 rings (SSSR count). The summed E-state index contributed by atoms with van der Waals surface area (Å²) >= 11 is 0. The number of aromatic nitrogens is 1. The molecule has 2 N–H and O–H groups in total. The smallest absolute Gasteiger partial charge is 0.330 e. The van der Waals surface area contributed by atoms with Crippen molar-refractivity contribution in [1.82, 2.24) is 4.98 Å². The highest BCUT2D eigenvalue weighted by atomic mass is 16.5. The summed E-state index contributed by atoms with van der Waals surface area (Å²) in [7, 11) is 1.51. The van der Waals surface area contributed by atoms with Crippen LogP contribution < -0.4 is 10.5 Å². The van der Waals surface area contributed by atoms with Crippen LogP contribution in [0.2, 0.25) is 0 Å². The van der Waals surface area contributed by atoms with Gasteiger partial charge in [-0.2, -0.15) is 0 Å². The van der Waals surface area contributed by atoms with Crippen molar-refractivity contribution in [2.75, 3.05) is 19.5 Å². The zero-order valence-corrected chi connectivity index (χ0v) is 9.27. The molecule has 5 nitrogen and oxygen atoms in total. The van der Waals surface area contributed by atoms with E-state index in [4.69, 9.17) is 15.2 Å². The van der Waals surface area contributed by atoms with Crippen molar-refractivity contribution >= 4 is 17.9 Å². The Bertz CT molecular complexity index is 402. The monoisotopic (exact) mass is 222 g/mol. The van der Waals surface area contributed by atoms with Crippen molar-refractivity contribution in [1.29, 1.82) is 0 Å². The Morgan fingerprint density at radius 1 is 1.62 bits per heavy atom. The van der Waals surface area contributed by atoms with Gasteiger partial charge < -0.3 is 15.2 Å². The van der Waals surface area contributed by atoms with Crippen molar-refractivity contribution < 1.29 is 14.3 Å². The summed E-state index contributed by atoms with van der Waals surface area (Å²) in [5.74, 6) is 0.403. The first-order chi connectivity index (χ1) is 7.67. The number of rotatable bonds is 4. The van der Waals surface area contributed by atoms with Crippen LogP contribution in [0.25, 0.3) is 6.08 Å². The molecule has 16 heavy (non-hydrogen) atoms. The summed E-state index contributed by atoms with van der Waals surface area (Å²) in [5, 5.41) is 0. The van der Waals surface area contributed by atoms with Gasteiger partial charge in [-0.05, 0) is 24.6 Å². The zero-order chi connectivity index (χ0) is 12.0. The second-order valence-electron chi connectivity index (χ2n) is 2.94. The molecule has 0 saturated carbocycles. The molecule has 86 valence electrons. The van der Waals surface area contributed by atoms with Crippen molar-refractivity contribution in [3.05, 3.63) is 23.9 Å². The van der Waals surface area contributed by atoms with Crippen LogP contribution >= 0.6 is 0 Å². The molecule has 0 amide bonds. The lowest BCUT2D eigenvalue weighted by atomic mass is 10.2. The third-order valence-electron chi connectivity index (χ3n) is 1.82. The molecule has 0 aliphatic rings. The number of carbonyl (C=O) groups excluding carboxylic acids is 1. The van der Waals surface area contributed by atoms with Crippen LogP contribution in [0, 0.1) is 0 Å².